The first-order valence-corrected chi connectivity index (χ1v) is 5.78. The van der Waals surface area contributed by atoms with Crippen LogP contribution in [0.5, 0.6) is 0 Å². The normalized spacial score (nSPS) is 25.8. The van der Waals surface area contributed by atoms with E-state index in [-0.39, 0.29) is 11.8 Å². The minimum Gasteiger partial charge on any atom is -0.353 e. The molecule has 2 aliphatic rings. The molecule has 2 N–H and O–H groups in total. The predicted octanol–water partition coefficient (Wildman–Crippen LogP) is 0.901. The van der Waals surface area contributed by atoms with Gasteiger partial charge in [-0.05, 0) is 44.7 Å². The van der Waals surface area contributed by atoms with Gasteiger partial charge in [-0.3, -0.25) is 4.79 Å². The standard InChI is InChI=1S/C11H20N2O/c1-8(9-4-6-12-7-5-9)11(14)13-10-2-3-10/h8-10,12H,2-7H2,1H3,(H,13,14). The molecular formula is C11H20N2O. The zero-order valence-corrected chi connectivity index (χ0v) is 8.88. The van der Waals surface area contributed by atoms with E-state index in [9.17, 15) is 4.79 Å². The molecule has 1 heterocycles. The molecule has 2 rings (SSSR count). The van der Waals surface area contributed by atoms with Gasteiger partial charge in [0.25, 0.3) is 0 Å². The molecule has 1 aliphatic heterocycles. The van der Waals surface area contributed by atoms with Gasteiger partial charge in [0.05, 0.1) is 0 Å². The smallest absolute Gasteiger partial charge is 0.223 e. The Bertz CT molecular complexity index is 207. The van der Waals surface area contributed by atoms with Crippen LogP contribution in [0.25, 0.3) is 0 Å². The Morgan fingerprint density at radius 2 is 1.93 bits per heavy atom. The predicted molar refractivity (Wildman–Crippen MR) is 55.9 cm³/mol. The summed E-state index contributed by atoms with van der Waals surface area (Å²) >= 11 is 0. The summed E-state index contributed by atoms with van der Waals surface area (Å²) in [7, 11) is 0. The van der Waals surface area contributed by atoms with Crippen molar-refractivity contribution in [3.8, 4) is 0 Å². The van der Waals surface area contributed by atoms with Crippen molar-refractivity contribution in [3.63, 3.8) is 0 Å². The zero-order valence-electron chi connectivity index (χ0n) is 8.88. The van der Waals surface area contributed by atoms with Crippen molar-refractivity contribution in [2.75, 3.05) is 13.1 Å². The van der Waals surface area contributed by atoms with Gasteiger partial charge in [0.1, 0.15) is 0 Å². The second kappa shape index (κ2) is 4.30. The summed E-state index contributed by atoms with van der Waals surface area (Å²) in [5, 5.41) is 6.42. The molecule has 14 heavy (non-hydrogen) atoms. The molecule has 1 aliphatic carbocycles. The Kier molecular flexibility index (Phi) is 3.06. The molecule has 2 fully saturated rings. The Morgan fingerprint density at radius 3 is 2.50 bits per heavy atom. The molecule has 3 nitrogen and oxygen atoms in total. The van der Waals surface area contributed by atoms with E-state index in [2.05, 4.69) is 17.6 Å². The van der Waals surface area contributed by atoms with E-state index in [1.165, 1.54) is 12.8 Å². The van der Waals surface area contributed by atoms with Crippen molar-refractivity contribution >= 4 is 5.91 Å². The number of nitrogens with one attached hydrogen (secondary N) is 2. The fraction of sp³-hybridized carbons (Fsp3) is 0.909. The van der Waals surface area contributed by atoms with E-state index in [0.717, 1.165) is 25.9 Å². The lowest BCUT2D eigenvalue weighted by Crippen LogP contribution is -2.39. The van der Waals surface area contributed by atoms with Crippen LogP contribution < -0.4 is 10.6 Å². The lowest BCUT2D eigenvalue weighted by Gasteiger charge is -2.27. The molecule has 80 valence electrons. The molecule has 0 radical (unpaired) electrons. The first-order chi connectivity index (χ1) is 6.77. The van der Waals surface area contributed by atoms with Crippen molar-refractivity contribution in [1.29, 1.82) is 0 Å². The van der Waals surface area contributed by atoms with E-state index in [1.54, 1.807) is 0 Å². The number of carbonyl (C=O) groups excluding carboxylic acids is 1. The molecule has 0 bridgehead atoms. The monoisotopic (exact) mass is 196 g/mol. The third-order valence-corrected chi connectivity index (χ3v) is 3.43. The second-order valence-corrected chi connectivity index (χ2v) is 4.66. The minimum absolute atomic E-state index is 0.206. The third kappa shape index (κ3) is 2.47. The Hall–Kier alpha value is -0.570. The molecule has 0 aromatic rings. The first kappa shape index (κ1) is 9.97. The maximum absolute atomic E-state index is 11.8. The summed E-state index contributed by atoms with van der Waals surface area (Å²) in [6.07, 6.45) is 4.67. The molecule has 1 saturated carbocycles. The molecule has 1 unspecified atom stereocenters. The summed E-state index contributed by atoms with van der Waals surface area (Å²) in [6, 6.07) is 0.506. The van der Waals surface area contributed by atoms with Crippen molar-refractivity contribution in [3.05, 3.63) is 0 Å². The van der Waals surface area contributed by atoms with Gasteiger partial charge >= 0.3 is 0 Å². The summed E-state index contributed by atoms with van der Waals surface area (Å²) in [5.41, 5.74) is 0. The van der Waals surface area contributed by atoms with Crippen LogP contribution >= 0.6 is 0 Å². The highest BCUT2D eigenvalue weighted by molar-refractivity contribution is 5.79. The minimum atomic E-state index is 0.206. The van der Waals surface area contributed by atoms with Gasteiger partial charge in [-0.15, -0.1) is 0 Å². The molecule has 1 saturated heterocycles. The summed E-state index contributed by atoms with van der Waals surface area (Å²) in [4.78, 5) is 11.8. The highest BCUT2D eigenvalue weighted by Gasteiger charge is 2.29. The number of amides is 1. The fourth-order valence-electron chi connectivity index (χ4n) is 2.12. The summed E-state index contributed by atoms with van der Waals surface area (Å²) in [5.74, 6) is 1.08. The van der Waals surface area contributed by atoms with Gasteiger partial charge in [-0.25, -0.2) is 0 Å². The lowest BCUT2D eigenvalue weighted by atomic mass is 9.85. The quantitative estimate of drug-likeness (QED) is 0.704. The highest BCUT2D eigenvalue weighted by Crippen LogP contribution is 2.24. The van der Waals surface area contributed by atoms with Crippen LogP contribution in [0.4, 0.5) is 0 Å². The van der Waals surface area contributed by atoms with E-state index >= 15 is 0 Å². The number of hydrogen-bond acceptors (Lipinski definition) is 2. The number of piperidine rings is 1. The van der Waals surface area contributed by atoms with Crippen molar-refractivity contribution in [1.82, 2.24) is 10.6 Å². The van der Waals surface area contributed by atoms with Crippen LogP contribution in [0.1, 0.15) is 32.6 Å². The molecule has 1 atom stereocenters. The molecular weight excluding hydrogens is 176 g/mol. The van der Waals surface area contributed by atoms with Crippen LogP contribution in [0.3, 0.4) is 0 Å². The number of hydrogen-bond donors (Lipinski definition) is 2. The lowest BCUT2D eigenvalue weighted by molar-refractivity contribution is -0.126. The highest BCUT2D eigenvalue weighted by atomic mass is 16.2. The molecule has 0 spiro atoms. The Labute approximate surface area is 85.6 Å². The van der Waals surface area contributed by atoms with Crippen molar-refractivity contribution in [2.24, 2.45) is 11.8 Å². The van der Waals surface area contributed by atoms with Gasteiger partial charge in [-0.1, -0.05) is 6.92 Å². The van der Waals surface area contributed by atoms with Gasteiger partial charge in [-0.2, -0.15) is 0 Å². The maximum atomic E-state index is 11.8. The summed E-state index contributed by atoms with van der Waals surface area (Å²) < 4.78 is 0. The van der Waals surface area contributed by atoms with E-state index < -0.39 is 0 Å². The molecule has 0 aromatic heterocycles. The summed E-state index contributed by atoms with van der Waals surface area (Å²) in [6.45, 7) is 4.23. The van der Waals surface area contributed by atoms with E-state index in [1.807, 2.05) is 0 Å². The Morgan fingerprint density at radius 1 is 1.29 bits per heavy atom. The maximum Gasteiger partial charge on any atom is 0.223 e. The fourth-order valence-corrected chi connectivity index (χ4v) is 2.12. The molecule has 0 aromatic carbocycles. The molecule has 1 amide bonds. The topological polar surface area (TPSA) is 41.1 Å². The third-order valence-electron chi connectivity index (χ3n) is 3.43. The average molecular weight is 196 g/mol. The van der Waals surface area contributed by atoms with Crippen LogP contribution in [-0.2, 0) is 4.79 Å². The van der Waals surface area contributed by atoms with Crippen LogP contribution in [-0.4, -0.2) is 25.0 Å². The first-order valence-electron chi connectivity index (χ1n) is 5.78. The van der Waals surface area contributed by atoms with Gasteiger partial charge in [0.2, 0.25) is 5.91 Å². The van der Waals surface area contributed by atoms with Gasteiger partial charge in [0, 0.05) is 12.0 Å². The van der Waals surface area contributed by atoms with E-state index in [4.69, 9.17) is 0 Å². The van der Waals surface area contributed by atoms with Crippen molar-refractivity contribution in [2.45, 2.75) is 38.6 Å². The van der Waals surface area contributed by atoms with Crippen LogP contribution in [0.15, 0.2) is 0 Å². The SMILES string of the molecule is CC(C(=O)NC1CC1)C1CCNCC1. The second-order valence-electron chi connectivity index (χ2n) is 4.66. The number of carbonyl (C=O) groups is 1. The van der Waals surface area contributed by atoms with Gasteiger partial charge < -0.3 is 10.6 Å². The largest absolute Gasteiger partial charge is 0.353 e. The zero-order chi connectivity index (χ0) is 9.97. The average Bonchev–Trinajstić information content (AvgIpc) is 3.02. The molecule has 3 heteroatoms. The number of rotatable bonds is 3. The Balaban J connectivity index is 1.78. The van der Waals surface area contributed by atoms with E-state index in [0.29, 0.717) is 12.0 Å². The van der Waals surface area contributed by atoms with Gasteiger partial charge in [0.15, 0.2) is 0 Å². The van der Waals surface area contributed by atoms with Crippen LogP contribution in [0.2, 0.25) is 0 Å². The van der Waals surface area contributed by atoms with Crippen LogP contribution in [0, 0.1) is 11.8 Å². The van der Waals surface area contributed by atoms with Crippen molar-refractivity contribution < 1.29 is 4.79 Å².